The fraction of sp³-hybridized carbons (Fsp3) is 0.500. The van der Waals surface area contributed by atoms with Crippen LogP contribution in [0.4, 0.5) is 5.69 Å². The lowest BCUT2D eigenvalue weighted by molar-refractivity contribution is 0.0214. The highest BCUT2D eigenvalue weighted by Gasteiger charge is 2.14. The van der Waals surface area contributed by atoms with Gasteiger partial charge in [-0.1, -0.05) is 11.1 Å². The number of terminal acetylenes is 1. The van der Waals surface area contributed by atoms with Crippen LogP contribution in [0, 0.1) is 12.3 Å². The van der Waals surface area contributed by atoms with Gasteiger partial charge in [-0.05, 0) is 32.0 Å². The molecule has 7 heteroatoms. The molecule has 0 aliphatic carbocycles. The van der Waals surface area contributed by atoms with Crippen molar-refractivity contribution in [1.29, 1.82) is 0 Å². The average molecular weight is 347 g/mol. The fourth-order valence-electron chi connectivity index (χ4n) is 1.85. The summed E-state index contributed by atoms with van der Waals surface area (Å²) in [6.45, 7) is 6.77. The number of rotatable bonds is 11. The van der Waals surface area contributed by atoms with Crippen LogP contribution in [0.15, 0.2) is 28.5 Å². The highest BCUT2D eigenvalue weighted by atomic mass is 16.6. The minimum Gasteiger partial charge on any atom is -0.460 e. The molecule has 136 valence electrons. The number of carbonyl (C=O) groups is 1. The molecule has 0 heterocycles. The Bertz CT molecular complexity index is 607. The standard InChI is InChI=1S/C18H25N3O4/c1-5-15-8-9-17(19-20-21(6-2)7-3)16(14-15)18(22)25-13-12-24-11-10-23-4/h1,8-9,14H,6-7,10-13H2,2-4H3. The second-order valence-electron chi connectivity index (χ2n) is 4.95. The predicted octanol–water partition coefficient (Wildman–Crippen LogP) is 2.83. The van der Waals surface area contributed by atoms with Crippen LogP contribution in [0.1, 0.15) is 29.8 Å². The molecular weight excluding hydrogens is 322 g/mol. The van der Waals surface area contributed by atoms with E-state index in [9.17, 15) is 4.79 Å². The molecule has 0 saturated carbocycles. The van der Waals surface area contributed by atoms with E-state index >= 15 is 0 Å². The van der Waals surface area contributed by atoms with Gasteiger partial charge >= 0.3 is 5.97 Å². The van der Waals surface area contributed by atoms with Gasteiger partial charge in [-0.15, -0.1) is 11.5 Å². The van der Waals surface area contributed by atoms with Crippen molar-refractivity contribution in [2.24, 2.45) is 10.3 Å². The summed E-state index contributed by atoms with van der Waals surface area (Å²) in [6.07, 6.45) is 5.41. The lowest BCUT2D eigenvalue weighted by Gasteiger charge is -2.12. The van der Waals surface area contributed by atoms with Gasteiger partial charge < -0.3 is 14.2 Å². The third kappa shape index (κ3) is 7.33. The second-order valence-corrected chi connectivity index (χ2v) is 4.95. The first-order chi connectivity index (χ1) is 12.2. The first kappa shape index (κ1) is 20.6. The van der Waals surface area contributed by atoms with E-state index in [0.29, 0.717) is 31.1 Å². The molecule has 0 unspecified atom stereocenters. The zero-order valence-electron chi connectivity index (χ0n) is 15.0. The molecule has 0 spiro atoms. The minimum atomic E-state index is -0.513. The van der Waals surface area contributed by atoms with Crippen LogP contribution in [0.2, 0.25) is 0 Å². The topological polar surface area (TPSA) is 72.7 Å². The van der Waals surface area contributed by atoms with Crippen LogP contribution in [0.3, 0.4) is 0 Å². The number of esters is 1. The molecular formula is C18H25N3O4. The number of benzene rings is 1. The van der Waals surface area contributed by atoms with Crippen LogP contribution in [-0.2, 0) is 14.2 Å². The maximum atomic E-state index is 12.3. The second kappa shape index (κ2) is 12.0. The monoisotopic (exact) mass is 347 g/mol. The first-order valence-electron chi connectivity index (χ1n) is 8.17. The molecule has 1 rings (SSSR count). The Morgan fingerprint density at radius 1 is 1.20 bits per heavy atom. The minimum absolute atomic E-state index is 0.134. The molecule has 0 aromatic heterocycles. The Morgan fingerprint density at radius 3 is 2.56 bits per heavy atom. The van der Waals surface area contributed by atoms with Crippen molar-refractivity contribution in [3.05, 3.63) is 29.3 Å². The number of carbonyl (C=O) groups excluding carboxylic acids is 1. The van der Waals surface area contributed by atoms with Crippen LogP contribution in [0.5, 0.6) is 0 Å². The van der Waals surface area contributed by atoms with Gasteiger partial charge in [0.1, 0.15) is 12.3 Å². The Balaban J connectivity index is 2.77. The third-order valence-electron chi connectivity index (χ3n) is 3.28. The van der Waals surface area contributed by atoms with Gasteiger partial charge in [0, 0.05) is 25.8 Å². The van der Waals surface area contributed by atoms with Crippen LogP contribution in [0.25, 0.3) is 0 Å². The van der Waals surface area contributed by atoms with E-state index in [0.717, 1.165) is 13.1 Å². The third-order valence-corrected chi connectivity index (χ3v) is 3.28. The van der Waals surface area contributed by atoms with E-state index in [2.05, 4.69) is 16.3 Å². The summed E-state index contributed by atoms with van der Waals surface area (Å²) in [5.74, 6) is 1.99. The van der Waals surface area contributed by atoms with E-state index in [4.69, 9.17) is 20.6 Å². The van der Waals surface area contributed by atoms with E-state index in [1.54, 1.807) is 30.3 Å². The van der Waals surface area contributed by atoms with Gasteiger partial charge in [0.05, 0.1) is 25.4 Å². The highest BCUT2D eigenvalue weighted by Crippen LogP contribution is 2.22. The van der Waals surface area contributed by atoms with Gasteiger partial charge in [-0.25, -0.2) is 4.79 Å². The van der Waals surface area contributed by atoms with Crippen molar-refractivity contribution in [2.75, 3.05) is 46.6 Å². The summed E-state index contributed by atoms with van der Waals surface area (Å²) < 4.78 is 15.3. The molecule has 0 radical (unpaired) electrons. The first-order valence-corrected chi connectivity index (χ1v) is 8.17. The normalized spacial score (nSPS) is 10.6. The quantitative estimate of drug-likeness (QED) is 0.202. The maximum Gasteiger partial charge on any atom is 0.340 e. The lowest BCUT2D eigenvalue weighted by Crippen LogP contribution is -2.15. The Morgan fingerprint density at radius 2 is 1.92 bits per heavy atom. The zero-order chi connectivity index (χ0) is 18.5. The molecule has 1 aromatic carbocycles. The van der Waals surface area contributed by atoms with E-state index in [1.807, 2.05) is 13.8 Å². The van der Waals surface area contributed by atoms with Gasteiger partial charge in [0.25, 0.3) is 0 Å². The molecule has 0 aliphatic heterocycles. The largest absolute Gasteiger partial charge is 0.460 e. The molecule has 0 saturated heterocycles. The average Bonchev–Trinajstić information content (AvgIpc) is 2.65. The molecule has 0 atom stereocenters. The smallest absolute Gasteiger partial charge is 0.340 e. The van der Waals surface area contributed by atoms with Crippen molar-refractivity contribution in [2.45, 2.75) is 13.8 Å². The number of ether oxygens (including phenoxy) is 3. The predicted molar refractivity (Wildman–Crippen MR) is 94.8 cm³/mol. The van der Waals surface area contributed by atoms with Crippen molar-refractivity contribution < 1.29 is 19.0 Å². The summed E-state index contributed by atoms with van der Waals surface area (Å²) in [4.78, 5) is 12.3. The lowest BCUT2D eigenvalue weighted by atomic mass is 10.1. The van der Waals surface area contributed by atoms with Crippen molar-refractivity contribution in [1.82, 2.24) is 5.01 Å². The summed E-state index contributed by atoms with van der Waals surface area (Å²) in [5, 5.41) is 10.0. The summed E-state index contributed by atoms with van der Waals surface area (Å²) in [5.41, 5.74) is 1.27. The number of hydrogen-bond donors (Lipinski definition) is 0. The summed E-state index contributed by atoms with van der Waals surface area (Å²) in [7, 11) is 1.59. The molecule has 0 amide bonds. The van der Waals surface area contributed by atoms with Gasteiger partial charge in [0.15, 0.2) is 0 Å². The number of hydrogen-bond acceptors (Lipinski definition) is 6. The zero-order valence-corrected chi connectivity index (χ0v) is 15.0. The van der Waals surface area contributed by atoms with Crippen LogP contribution in [-0.4, -0.2) is 57.6 Å². The van der Waals surface area contributed by atoms with E-state index < -0.39 is 5.97 Å². The van der Waals surface area contributed by atoms with Crippen LogP contribution < -0.4 is 0 Å². The van der Waals surface area contributed by atoms with Crippen LogP contribution >= 0.6 is 0 Å². The van der Waals surface area contributed by atoms with Gasteiger partial charge in [0.2, 0.25) is 0 Å². The highest BCUT2D eigenvalue weighted by molar-refractivity contribution is 5.95. The summed E-state index contributed by atoms with van der Waals surface area (Å²) in [6, 6.07) is 4.94. The fourth-order valence-corrected chi connectivity index (χ4v) is 1.85. The van der Waals surface area contributed by atoms with Crippen molar-refractivity contribution in [3.63, 3.8) is 0 Å². The molecule has 7 nitrogen and oxygen atoms in total. The molecule has 0 fully saturated rings. The van der Waals surface area contributed by atoms with Gasteiger partial charge in [-0.2, -0.15) is 0 Å². The number of nitrogens with zero attached hydrogens (tertiary/aromatic N) is 3. The Labute approximate surface area is 148 Å². The molecule has 0 bridgehead atoms. The van der Waals surface area contributed by atoms with Gasteiger partial charge in [-0.3, -0.25) is 5.01 Å². The van der Waals surface area contributed by atoms with Crippen molar-refractivity contribution >= 4 is 11.7 Å². The maximum absolute atomic E-state index is 12.3. The molecule has 0 aliphatic rings. The van der Waals surface area contributed by atoms with E-state index in [-0.39, 0.29) is 12.2 Å². The summed E-state index contributed by atoms with van der Waals surface area (Å²) >= 11 is 0. The molecule has 25 heavy (non-hydrogen) atoms. The van der Waals surface area contributed by atoms with Crippen molar-refractivity contribution in [3.8, 4) is 12.3 Å². The SMILES string of the molecule is C#Cc1ccc(N=NN(CC)CC)c(C(=O)OCCOCCOC)c1. The Hall–Kier alpha value is -2.43. The number of methoxy groups -OCH3 is 1. The van der Waals surface area contributed by atoms with E-state index in [1.165, 1.54) is 0 Å². The molecule has 1 aromatic rings. The Kier molecular flexibility index (Phi) is 9.90. The molecule has 0 N–H and O–H groups in total.